The molecule has 1 aliphatic rings. The molecule has 2 heterocycles. The Morgan fingerprint density at radius 2 is 1.96 bits per heavy atom. The fraction of sp³-hybridized carbons (Fsp3) is 0.375. The molecule has 0 atom stereocenters. The average Bonchev–Trinajstić information content (AvgIpc) is 2.98. The average molecular weight is 317 g/mol. The van der Waals surface area contributed by atoms with Gasteiger partial charge in [-0.3, -0.25) is 9.58 Å². The van der Waals surface area contributed by atoms with Crippen LogP contribution in [0.4, 0.5) is 0 Å². The summed E-state index contributed by atoms with van der Waals surface area (Å²) in [4.78, 5) is 13.8. The van der Waals surface area contributed by atoms with Gasteiger partial charge >= 0.3 is 5.97 Å². The maximum absolute atomic E-state index is 11.6. The van der Waals surface area contributed by atoms with Crippen LogP contribution in [0.3, 0.4) is 0 Å². The van der Waals surface area contributed by atoms with Crippen LogP contribution in [-0.4, -0.2) is 58.6 Å². The van der Waals surface area contributed by atoms with Crippen LogP contribution in [0.25, 0.3) is 0 Å². The number of benzene rings is 1. The monoisotopic (exact) mass is 317 g/mol. The number of carboxylic acid groups (broad SMARTS) is 1. The Bertz CT molecular complexity index is 651. The minimum Gasteiger partial charge on any atom is -0.476 e. The Hall–Kier alpha value is -2.38. The molecule has 2 aromatic rings. The third-order valence-electron chi connectivity index (χ3n) is 3.71. The molecule has 1 aliphatic heterocycles. The predicted molar refractivity (Wildman–Crippen MR) is 83.0 cm³/mol. The molecule has 122 valence electrons. The molecule has 7 heteroatoms. The Labute approximate surface area is 134 Å². The number of carbonyl (C=O) groups is 1. The Morgan fingerprint density at radius 1 is 1.22 bits per heavy atom. The molecule has 3 rings (SSSR count). The van der Waals surface area contributed by atoms with Gasteiger partial charge in [-0.1, -0.05) is 18.2 Å². The van der Waals surface area contributed by atoms with E-state index in [1.807, 2.05) is 18.2 Å². The number of aromatic nitrogens is 2. The summed E-state index contributed by atoms with van der Waals surface area (Å²) in [6, 6.07) is 9.08. The van der Waals surface area contributed by atoms with Gasteiger partial charge in [0.05, 0.1) is 26.0 Å². The number of carboxylic acids is 1. The fourth-order valence-corrected chi connectivity index (χ4v) is 2.50. The summed E-state index contributed by atoms with van der Waals surface area (Å²) in [6.45, 7) is 4.38. The first-order valence-corrected chi connectivity index (χ1v) is 7.56. The number of nitrogens with zero attached hydrogens (tertiary/aromatic N) is 3. The van der Waals surface area contributed by atoms with E-state index in [0.717, 1.165) is 19.6 Å². The van der Waals surface area contributed by atoms with Gasteiger partial charge in [0.25, 0.3) is 0 Å². The van der Waals surface area contributed by atoms with E-state index in [1.165, 1.54) is 10.9 Å². The van der Waals surface area contributed by atoms with Crippen molar-refractivity contribution in [3.05, 3.63) is 42.2 Å². The van der Waals surface area contributed by atoms with Crippen molar-refractivity contribution < 1.29 is 19.4 Å². The molecule has 1 fully saturated rings. The highest BCUT2D eigenvalue weighted by Crippen LogP contribution is 2.25. The zero-order chi connectivity index (χ0) is 16.1. The van der Waals surface area contributed by atoms with Crippen LogP contribution in [0.2, 0.25) is 0 Å². The zero-order valence-electron chi connectivity index (χ0n) is 12.7. The Kier molecular flexibility index (Phi) is 4.89. The van der Waals surface area contributed by atoms with Crippen molar-refractivity contribution >= 4 is 5.97 Å². The van der Waals surface area contributed by atoms with Crippen molar-refractivity contribution in [3.8, 4) is 11.5 Å². The third-order valence-corrected chi connectivity index (χ3v) is 3.71. The number of hydrogen-bond acceptors (Lipinski definition) is 5. The van der Waals surface area contributed by atoms with Gasteiger partial charge < -0.3 is 14.6 Å². The largest absolute Gasteiger partial charge is 0.476 e. The molecule has 1 saturated heterocycles. The normalized spacial score (nSPS) is 15.5. The second kappa shape index (κ2) is 7.26. The molecule has 23 heavy (non-hydrogen) atoms. The molecular weight excluding hydrogens is 298 g/mol. The number of para-hydroxylation sites is 1. The minimum absolute atomic E-state index is 0.0714. The summed E-state index contributed by atoms with van der Waals surface area (Å²) < 4.78 is 12.4. The Morgan fingerprint density at radius 3 is 2.65 bits per heavy atom. The SMILES string of the molecule is O=C(O)c1c(Oc2ccccc2)cnn1CCN1CCOCC1. The van der Waals surface area contributed by atoms with Crippen molar-refractivity contribution in [2.45, 2.75) is 6.54 Å². The second-order valence-corrected chi connectivity index (χ2v) is 5.25. The lowest BCUT2D eigenvalue weighted by Crippen LogP contribution is -2.38. The molecule has 0 unspecified atom stereocenters. The maximum Gasteiger partial charge on any atom is 0.358 e. The van der Waals surface area contributed by atoms with E-state index in [-0.39, 0.29) is 11.4 Å². The molecular formula is C16H19N3O4. The molecule has 0 spiro atoms. The van der Waals surface area contributed by atoms with Crippen LogP contribution >= 0.6 is 0 Å². The van der Waals surface area contributed by atoms with Crippen LogP contribution in [0.5, 0.6) is 11.5 Å². The van der Waals surface area contributed by atoms with Gasteiger partial charge in [0.2, 0.25) is 0 Å². The van der Waals surface area contributed by atoms with Crippen molar-refractivity contribution in [2.24, 2.45) is 0 Å². The highest BCUT2D eigenvalue weighted by Gasteiger charge is 2.20. The van der Waals surface area contributed by atoms with Crippen LogP contribution in [0, 0.1) is 0 Å². The summed E-state index contributed by atoms with van der Waals surface area (Å²) in [5, 5.41) is 13.6. The molecule has 0 aliphatic carbocycles. The molecule has 1 aromatic heterocycles. The van der Waals surface area contributed by atoms with Crippen LogP contribution in [-0.2, 0) is 11.3 Å². The number of morpholine rings is 1. The third kappa shape index (κ3) is 3.88. The van der Waals surface area contributed by atoms with E-state index in [9.17, 15) is 9.90 Å². The van der Waals surface area contributed by atoms with Crippen molar-refractivity contribution in [1.29, 1.82) is 0 Å². The van der Waals surface area contributed by atoms with Crippen molar-refractivity contribution in [1.82, 2.24) is 14.7 Å². The summed E-state index contributed by atoms with van der Waals surface area (Å²) in [7, 11) is 0. The number of aromatic carboxylic acids is 1. The first-order valence-electron chi connectivity index (χ1n) is 7.56. The van der Waals surface area contributed by atoms with E-state index in [1.54, 1.807) is 12.1 Å². The first-order chi connectivity index (χ1) is 11.2. The van der Waals surface area contributed by atoms with E-state index in [2.05, 4.69) is 10.00 Å². The van der Waals surface area contributed by atoms with E-state index < -0.39 is 5.97 Å². The standard InChI is InChI=1S/C16H19N3O4/c20-16(21)15-14(23-13-4-2-1-3-5-13)12-17-19(15)7-6-18-8-10-22-11-9-18/h1-5,12H,6-11H2,(H,20,21). The summed E-state index contributed by atoms with van der Waals surface area (Å²) >= 11 is 0. The fourth-order valence-electron chi connectivity index (χ4n) is 2.50. The highest BCUT2D eigenvalue weighted by molar-refractivity contribution is 5.88. The van der Waals surface area contributed by atoms with Gasteiger partial charge in [-0.2, -0.15) is 5.10 Å². The van der Waals surface area contributed by atoms with Crippen LogP contribution < -0.4 is 4.74 Å². The summed E-state index contributed by atoms with van der Waals surface area (Å²) in [5.74, 6) is -0.205. The second-order valence-electron chi connectivity index (χ2n) is 5.25. The smallest absolute Gasteiger partial charge is 0.358 e. The maximum atomic E-state index is 11.6. The van der Waals surface area contributed by atoms with E-state index in [0.29, 0.717) is 25.5 Å². The molecule has 1 N–H and O–H groups in total. The lowest BCUT2D eigenvalue weighted by atomic mass is 10.3. The molecule has 1 aromatic carbocycles. The topological polar surface area (TPSA) is 76.8 Å². The molecule has 0 amide bonds. The minimum atomic E-state index is -1.05. The van der Waals surface area contributed by atoms with Gasteiger partial charge in [-0.25, -0.2) is 4.79 Å². The quantitative estimate of drug-likeness (QED) is 0.874. The van der Waals surface area contributed by atoms with Crippen molar-refractivity contribution in [3.63, 3.8) is 0 Å². The molecule has 0 saturated carbocycles. The van der Waals surface area contributed by atoms with Gasteiger partial charge in [-0.05, 0) is 12.1 Å². The van der Waals surface area contributed by atoms with Crippen LogP contribution in [0.1, 0.15) is 10.5 Å². The molecule has 0 radical (unpaired) electrons. The predicted octanol–water partition coefficient (Wildman–Crippen LogP) is 1.71. The summed E-state index contributed by atoms with van der Waals surface area (Å²) in [5.41, 5.74) is 0.0714. The van der Waals surface area contributed by atoms with Crippen LogP contribution in [0.15, 0.2) is 36.5 Å². The van der Waals surface area contributed by atoms with E-state index in [4.69, 9.17) is 9.47 Å². The van der Waals surface area contributed by atoms with Crippen molar-refractivity contribution in [2.75, 3.05) is 32.8 Å². The summed E-state index contributed by atoms with van der Waals surface area (Å²) in [6.07, 6.45) is 1.45. The molecule has 7 nitrogen and oxygen atoms in total. The number of hydrogen-bond donors (Lipinski definition) is 1. The lowest BCUT2D eigenvalue weighted by molar-refractivity contribution is 0.0356. The van der Waals surface area contributed by atoms with Gasteiger partial charge in [0.15, 0.2) is 11.4 Å². The van der Waals surface area contributed by atoms with Gasteiger partial charge in [0.1, 0.15) is 5.75 Å². The van der Waals surface area contributed by atoms with E-state index >= 15 is 0 Å². The Balaban J connectivity index is 1.71. The van der Waals surface area contributed by atoms with Gasteiger partial charge in [0, 0.05) is 19.6 Å². The highest BCUT2D eigenvalue weighted by atomic mass is 16.5. The zero-order valence-corrected chi connectivity index (χ0v) is 12.7. The number of rotatable bonds is 6. The van der Waals surface area contributed by atoms with Gasteiger partial charge in [-0.15, -0.1) is 0 Å². The molecule has 0 bridgehead atoms. The lowest BCUT2D eigenvalue weighted by Gasteiger charge is -2.26. The number of ether oxygens (including phenoxy) is 2. The first kappa shape index (κ1) is 15.5.